The molecule has 2 aliphatic rings. The molecule has 42 heavy (non-hydrogen) atoms. The highest BCUT2D eigenvalue weighted by atomic mass is 14.8. The number of rotatable bonds is 4. The van der Waals surface area contributed by atoms with Gasteiger partial charge in [-0.05, 0) is 84.0 Å². The summed E-state index contributed by atoms with van der Waals surface area (Å²) in [6.45, 7) is 0. The monoisotopic (exact) mass is 548 g/mol. The van der Waals surface area contributed by atoms with Crippen LogP contribution in [0.2, 0.25) is 0 Å². The van der Waals surface area contributed by atoms with E-state index in [1.807, 2.05) is 91.0 Å². The fraction of sp³-hybridized carbons (Fsp3) is 0. The molecule has 2 aliphatic heterocycles. The Bertz CT molecular complexity index is 1970. The molecule has 0 fully saturated rings. The van der Waals surface area contributed by atoms with Crippen LogP contribution in [-0.4, -0.2) is 31.6 Å². The van der Waals surface area contributed by atoms with Gasteiger partial charge in [0.1, 0.15) is 11.4 Å². The van der Waals surface area contributed by atoms with Crippen molar-refractivity contribution < 1.29 is 11.1 Å². The average Bonchev–Trinajstić information content (AvgIpc) is 3.80. The lowest BCUT2D eigenvalue weighted by Crippen LogP contribution is -2.70. The van der Waals surface area contributed by atoms with Crippen LogP contribution >= 0.6 is 0 Å². The molecule has 0 saturated carbocycles. The first-order valence-corrected chi connectivity index (χ1v) is 13.5. The van der Waals surface area contributed by atoms with Crippen LogP contribution in [0, 0.1) is 5.41 Å². The van der Waals surface area contributed by atoms with Crippen molar-refractivity contribution in [1.29, 1.82) is 5.41 Å². The summed E-state index contributed by atoms with van der Waals surface area (Å²) in [6, 6.07) is 28.0. The molecule has 3 aromatic heterocycles. The number of benzene rings is 2. The number of nitrogens with two attached hydrogens (primary N) is 2. The zero-order chi connectivity index (χ0) is 28.8. The molecule has 8 bridgehead atoms. The van der Waals surface area contributed by atoms with Crippen molar-refractivity contribution in [3.63, 3.8) is 0 Å². The Kier molecular flexibility index (Phi) is 5.96. The second-order valence-corrected chi connectivity index (χ2v) is 10.3. The van der Waals surface area contributed by atoms with E-state index in [0.717, 1.165) is 72.7 Å². The number of nitrogen functional groups attached to an aromatic ring is 1. The first kappa shape index (κ1) is 25.1. The Labute approximate surface area is 241 Å². The quantitative estimate of drug-likeness (QED) is 0.145. The Hall–Kier alpha value is -5.86. The molecule has 8 heteroatoms. The molecule has 0 spiro atoms. The predicted octanol–water partition coefficient (Wildman–Crippen LogP) is 4.02. The third-order valence-corrected chi connectivity index (χ3v) is 7.43. The molecule has 2 aromatic carbocycles. The van der Waals surface area contributed by atoms with E-state index in [9.17, 15) is 0 Å². The van der Waals surface area contributed by atoms with Crippen LogP contribution in [0.15, 0.2) is 84.9 Å². The molecule has 0 atom stereocenters. The first-order valence-electron chi connectivity index (χ1n) is 13.5. The van der Waals surface area contributed by atoms with Crippen molar-refractivity contribution in [2.24, 2.45) is 5.73 Å². The molecule has 0 aliphatic carbocycles. The summed E-state index contributed by atoms with van der Waals surface area (Å²) < 4.78 is 0. The van der Waals surface area contributed by atoms with Gasteiger partial charge in [-0.2, -0.15) is 0 Å². The SMILES string of the molecule is N=C(N)c1ccc(-c2c3nc(cc4ccc([nH]4)c(-c4ccc(C(=[NH2+])[NH3+])cc4)c4nc(cc5ccc2[nH]5)C=C4)C=C3)cc1. The molecule has 7 rings (SSSR count). The number of nitrogens with zero attached hydrogens (tertiary/aromatic N) is 2. The van der Waals surface area contributed by atoms with Crippen LogP contribution < -0.4 is 16.9 Å². The molecule has 10 N–H and O–H groups in total. The molecule has 0 saturated heterocycles. The molecule has 202 valence electrons. The molecule has 0 amide bonds. The minimum Gasteiger partial charge on any atom is -0.384 e. The lowest BCUT2D eigenvalue weighted by atomic mass is 10.0. The first-order chi connectivity index (χ1) is 20.4. The van der Waals surface area contributed by atoms with Gasteiger partial charge in [0.25, 0.3) is 0 Å². The van der Waals surface area contributed by atoms with Crippen LogP contribution in [0.5, 0.6) is 0 Å². The number of H-pyrrole nitrogens is 2. The normalized spacial score (nSPS) is 12.0. The number of aromatic amines is 2. The highest BCUT2D eigenvalue weighted by Gasteiger charge is 2.14. The lowest BCUT2D eigenvalue weighted by molar-refractivity contribution is -0.298. The molecule has 0 radical (unpaired) electrons. The fourth-order valence-electron chi connectivity index (χ4n) is 5.35. The number of nitrogens with one attached hydrogen (secondary N) is 3. The van der Waals surface area contributed by atoms with E-state index in [-0.39, 0.29) is 5.84 Å². The van der Waals surface area contributed by atoms with Crippen molar-refractivity contribution in [1.82, 2.24) is 19.9 Å². The van der Waals surface area contributed by atoms with Gasteiger partial charge in [0.15, 0.2) is 0 Å². The van der Waals surface area contributed by atoms with Crippen molar-refractivity contribution in [3.05, 3.63) is 119 Å². The molecule has 8 nitrogen and oxygen atoms in total. The van der Waals surface area contributed by atoms with E-state index in [1.165, 1.54) is 0 Å². The van der Waals surface area contributed by atoms with E-state index >= 15 is 0 Å². The van der Waals surface area contributed by atoms with E-state index in [4.69, 9.17) is 26.5 Å². The third-order valence-electron chi connectivity index (χ3n) is 7.43. The lowest BCUT2D eigenvalue weighted by Gasteiger charge is -2.05. The number of amidine groups is 2. The summed E-state index contributed by atoms with van der Waals surface area (Å²) in [7, 11) is 0. The summed E-state index contributed by atoms with van der Waals surface area (Å²) in [5.41, 5.74) is 22.2. The summed E-state index contributed by atoms with van der Waals surface area (Å²) >= 11 is 0. The zero-order valence-electron chi connectivity index (χ0n) is 22.6. The van der Waals surface area contributed by atoms with E-state index < -0.39 is 0 Å². The molecular weight excluding hydrogens is 520 g/mol. The standard InChI is InChI=1S/C34H26N8/c35-33(36)21-5-1-19(2-6-21)31-27-13-9-23(39-27)17-25-11-15-29(41-25)32(20-3-7-22(8-4-20)34(37)38)30-16-12-26(42-30)18-24-10-14-28(31)40-24/h1-18,39,42H,(H3,35,36)(H3,37,38)/p+2. The molecule has 5 heterocycles. The maximum atomic E-state index is 7.77. The van der Waals surface area contributed by atoms with Gasteiger partial charge in [-0.3, -0.25) is 11.1 Å². The van der Waals surface area contributed by atoms with Gasteiger partial charge in [0.05, 0.1) is 22.8 Å². The second-order valence-electron chi connectivity index (χ2n) is 10.3. The predicted molar refractivity (Wildman–Crippen MR) is 170 cm³/mol. The van der Waals surface area contributed by atoms with E-state index in [2.05, 4.69) is 33.9 Å². The Morgan fingerprint density at radius 1 is 0.643 bits per heavy atom. The summed E-state index contributed by atoms with van der Waals surface area (Å²) in [6.07, 6.45) is 8.11. The smallest absolute Gasteiger partial charge is 0.362 e. The minimum absolute atomic E-state index is 0.0374. The summed E-state index contributed by atoms with van der Waals surface area (Å²) in [4.78, 5) is 17.1. The Morgan fingerprint density at radius 3 is 1.52 bits per heavy atom. The van der Waals surface area contributed by atoms with Gasteiger partial charge >= 0.3 is 5.84 Å². The van der Waals surface area contributed by atoms with Crippen molar-refractivity contribution in [2.45, 2.75) is 0 Å². The summed E-state index contributed by atoms with van der Waals surface area (Å²) in [5, 5.41) is 13.7. The number of hydrogen-bond donors (Lipinski definition) is 6. The van der Waals surface area contributed by atoms with Gasteiger partial charge < -0.3 is 15.7 Å². The molecular formula is C34H28N8+2. The van der Waals surface area contributed by atoms with E-state index in [1.54, 1.807) is 0 Å². The second kappa shape index (κ2) is 9.96. The molecule has 0 unspecified atom stereocenters. The number of aromatic nitrogens is 4. The van der Waals surface area contributed by atoms with Crippen LogP contribution in [-0.2, 0) is 0 Å². The van der Waals surface area contributed by atoms with Gasteiger partial charge in [-0.1, -0.05) is 36.4 Å². The maximum Gasteiger partial charge on any atom is 0.362 e. The zero-order valence-corrected chi connectivity index (χ0v) is 22.6. The van der Waals surface area contributed by atoms with E-state index in [0.29, 0.717) is 11.4 Å². The third kappa shape index (κ3) is 4.61. The Morgan fingerprint density at radius 2 is 1.10 bits per heavy atom. The topological polar surface area (TPSA) is 160 Å². The van der Waals surface area contributed by atoms with Crippen molar-refractivity contribution in [2.75, 3.05) is 0 Å². The van der Waals surface area contributed by atoms with Crippen molar-refractivity contribution >= 4 is 58.0 Å². The average molecular weight is 549 g/mol. The maximum absolute atomic E-state index is 7.77. The highest BCUT2D eigenvalue weighted by Crippen LogP contribution is 2.32. The largest absolute Gasteiger partial charge is 0.384 e. The number of quaternary nitrogens is 1. The summed E-state index contributed by atoms with van der Waals surface area (Å²) in [5.74, 6) is 0.570. The highest BCUT2D eigenvalue weighted by molar-refractivity contribution is 5.97. The minimum atomic E-state index is 0.0374. The van der Waals surface area contributed by atoms with Gasteiger partial charge in [-0.25, -0.2) is 15.4 Å². The van der Waals surface area contributed by atoms with Gasteiger partial charge in [-0.15, -0.1) is 0 Å². The van der Waals surface area contributed by atoms with Crippen molar-refractivity contribution in [3.8, 4) is 22.3 Å². The van der Waals surface area contributed by atoms with Crippen LogP contribution in [0.4, 0.5) is 0 Å². The Balaban J connectivity index is 1.50. The number of fused-ring (bicyclic) bond motifs is 8. The van der Waals surface area contributed by atoms with Crippen LogP contribution in [0.3, 0.4) is 0 Å². The molecule has 5 aromatic rings. The fourth-order valence-corrected chi connectivity index (χ4v) is 5.35. The number of hydrogen-bond acceptors (Lipinski definition) is 3. The van der Waals surface area contributed by atoms with Crippen LogP contribution in [0.25, 0.3) is 68.6 Å². The van der Waals surface area contributed by atoms with Gasteiger partial charge in [0.2, 0.25) is 0 Å². The van der Waals surface area contributed by atoms with Gasteiger partial charge in [0, 0.05) is 38.8 Å². The van der Waals surface area contributed by atoms with Crippen LogP contribution in [0.1, 0.15) is 33.9 Å².